The van der Waals surface area contributed by atoms with Crippen LogP contribution in [0.2, 0.25) is 0 Å². The number of hydrogen-bond acceptors (Lipinski definition) is 18. The van der Waals surface area contributed by atoms with Gasteiger partial charge in [-0.05, 0) is 26.7 Å². The summed E-state index contributed by atoms with van der Waals surface area (Å²) in [6.45, 7) is 3.24. The van der Waals surface area contributed by atoms with Crippen LogP contribution in [0.1, 0.15) is 52.4 Å². The Morgan fingerprint density at radius 1 is 0.720 bits per heavy atom. The molecule has 3 heterocycles. The predicted molar refractivity (Wildman–Crippen MR) is 171 cm³/mol. The Morgan fingerprint density at radius 2 is 1.30 bits per heavy atom. The van der Waals surface area contributed by atoms with Gasteiger partial charge in [0, 0.05) is 32.1 Å². The molecule has 50 heavy (non-hydrogen) atoms. The molecule has 3 aliphatic heterocycles. The quantitative estimate of drug-likeness (QED) is 0.0522. The third-order valence-corrected chi connectivity index (χ3v) is 9.17. The molecule has 0 saturated carbocycles. The van der Waals surface area contributed by atoms with Gasteiger partial charge in [0.15, 0.2) is 18.9 Å². The maximum atomic E-state index is 11.7. The lowest BCUT2D eigenvalue weighted by atomic mass is 9.96. The molecular formula is C31H59N3O16. The molecule has 16 atom stereocenters. The van der Waals surface area contributed by atoms with Crippen LogP contribution in [0.25, 0.3) is 0 Å². The molecule has 19 heteroatoms. The summed E-state index contributed by atoms with van der Waals surface area (Å²) in [6.07, 6.45) is -18.4. The Hall–Kier alpha value is -1.21. The number of carbonyl (C=O) groups excluding carboxylic acids is 1. The van der Waals surface area contributed by atoms with Gasteiger partial charge in [0.05, 0.1) is 25.9 Å². The summed E-state index contributed by atoms with van der Waals surface area (Å²) in [5, 5.41) is 99.2. The van der Waals surface area contributed by atoms with Crippen molar-refractivity contribution < 1.29 is 79.2 Å². The molecule has 3 aliphatic rings. The van der Waals surface area contributed by atoms with Crippen molar-refractivity contribution in [1.82, 2.24) is 10.6 Å². The van der Waals surface area contributed by atoms with E-state index in [0.29, 0.717) is 26.1 Å². The fraction of sp³-hybridized carbons (Fsp3) is 0.968. The van der Waals surface area contributed by atoms with Crippen LogP contribution in [0, 0.1) is 0 Å². The van der Waals surface area contributed by atoms with Gasteiger partial charge in [0.1, 0.15) is 67.1 Å². The van der Waals surface area contributed by atoms with Gasteiger partial charge in [-0.25, -0.2) is 0 Å². The molecule has 1 amide bonds. The molecule has 0 aromatic carbocycles. The number of amides is 1. The van der Waals surface area contributed by atoms with Crippen molar-refractivity contribution in [2.45, 2.75) is 151 Å². The van der Waals surface area contributed by atoms with Gasteiger partial charge in [-0.15, -0.1) is 0 Å². The topological polar surface area (TPSA) is 305 Å². The minimum absolute atomic E-state index is 0.0000454. The lowest BCUT2D eigenvalue weighted by Gasteiger charge is -2.48. The normalized spacial score (nSPS) is 40.0. The minimum Gasteiger partial charge on any atom is -0.394 e. The van der Waals surface area contributed by atoms with Crippen molar-refractivity contribution in [1.29, 1.82) is 0 Å². The van der Waals surface area contributed by atoms with E-state index >= 15 is 0 Å². The molecule has 3 rings (SSSR count). The van der Waals surface area contributed by atoms with Gasteiger partial charge in [-0.3, -0.25) is 4.79 Å². The average molecular weight is 730 g/mol. The van der Waals surface area contributed by atoms with Crippen molar-refractivity contribution in [3.63, 3.8) is 0 Å². The monoisotopic (exact) mass is 729 g/mol. The highest BCUT2D eigenvalue weighted by atomic mass is 16.8. The van der Waals surface area contributed by atoms with Gasteiger partial charge < -0.3 is 90.7 Å². The number of unbranched alkanes of at least 4 members (excludes halogenated alkanes) is 3. The predicted octanol–water partition coefficient (Wildman–Crippen LogP) is -5.13. The maximum Gasteiger partial charge on any atom is 0.220 e. The Labute approximate surface area is 291 Å². The summed E-state index contributed by atoms with van der Waals surface area (Å²) in [4.78, 5) is 11.7. The van der Waals surface area contributed by atoms with Crippen LogP contribution >= 0.6 is 0 Å². The van der Waals surface area contributed by atoms with E-state index in [9.17, 15) is 50.8 Å². The van der Waals surface area contributed by atoms with E-state index in [2.05, 4.69) is 10.6 Å². The zero-order valence-corrected chi connectivity index (χ0v) is 28.7. The second-order valence-electron chi connectivity index (χ2n) is 13.1. The van der Waals surface area contributed by atoms with Crippen LogP contribution in [-0.4, -0.2) is 189 Å². The minimum atomic E-state index is -1.85. The largest absolute Gasteiger partial charge is 0.394 e. The Morgan fingerprint density at radius 3 is 1.96 bits per heavy atom. The smallest absolute Gasteiger partial charge is 0.220 e. The second-order valence-corrected chi connectivity index (χ2v) is 13.1. The lowest BCUT2D eigenvalue weighted by molar-refractivity contribution is -0.390. The van der Waals surface area contributed by atoms with Crippen molar-refractivity contribution in [3.05, 3.63) is 0 Å². The fourth-order valence-corrected chi connectivity index (χ4v) is 6.06. The van der Waals surface area contributed by atoms with Crippen LogP contribution < -0.4 is 16.4 Å². The molecular weight excluding hydrogens is 670 g/mol. The number of carbonyl (C=O) groups is 1. The van der Waals surface area contributed by atoms with Gasteiger partial charge in [-0.1, -0.05) is 19.3 Å². The second kappa shape index (κ2) is 21.5. The van der Waals surface area contributed by atoms with Crippen LogP contribution in [0.4, 0.5) is 0 Å². The molecule has 0 radical (unpaired) electrons. The zero-order chi connectivity index (χ0) is 37.0. The van der Waals surface area contributed by atoms with Crippen molar-refractivity contribution in [3.8, 4) is 0 Å². The molecule has 3 fully saturated rings. The molecule has 0 aromatic heterocycles. The summed E-state index contributed by atoms with van der Waals surface area (Å²) in [7, 11) is 0. The highest BCUT2D eigenvalue weighted by Gasteiger charge is 2.54. The molecule has 0 bridgehead atoms. The van der Waals surface area contributed by atoms with E-state index in [1.807, 2.05) is 6.92 Å². The van der Waals surface area contributed by atoms with Gasteiger partial charge in [0.2, 0.25) is 5.91 Å². The Kier molecular flexibility index (Phi) is 18.6. The van der Waals surface area contributed by atoms with E-state index < -0.39 is 105 Å². The highest BCUT2D eigenvalue weighted by molar-refractivity contribution is 5.75. The first-order valence-corrected chi connectivity index (χ1v) is 17.4. The number of rotatable bonds is 20. The average Bonchev–Trinajstić information content (AvgIpc) is 3.10. The molecule has 19 nitrogen and oxygen atoms in total. The Balaban J connectivity index is 1.64. The highest BCUT2D eigenvalue weighted by Crippen LogP contribution is 2.33. The molecule has 0 spiro atoms. The number of hydrogen-bond donors (Lipinski definition) is 12. The maximum absolute atomic E-state index is 11.7. The van der Waals surface area contributed by atoms with Gasteiger partial charge in [-0.2, -0.15) is 0 Å². The van der Waals surface area contributed by atoms with E-state index in [1.165, 1.54) is 6.92 Å². The molecule has 3 saturated heterocycles. The number of nitrogens with one attached hydrogen (secondary N) is 2. The first-order chi connectivity index (χ1) is 23.8. The number of ether oxygens (including phenoxy) is 6. The summed E-state index contributed by atoms with van der Waals surface area (Å²) in [5.74, 6) is 0.0000454. The molecule has 294 valence electrons. The molecule has 0 aromatic rings. The van der Waals surface area contributed by atoms with E-state index in [0.717, 1.165) is 32.1 Å². The summed E-state index contributed by atoms with van der Waals surface area (Å²) < 4.78 is 34.7. The van der Waals surface area contributed by atoms with Crippen molar-refractivity contribution in [2.75, 3.05) is 39.5 Å². The fourth-order valence-electron chi connectivity index (χ4n) is 6.06. The van der Waals surface area contributed by atoms with E-state index in [-0.39, 0.29) is 18.6 Å². The van der Waals surface area contributed by atoms with Crippen LogP contribution in [0.15, 0.2) is 0 Å². The first kappa shape index (κ1) is 43.2. The van der Waals surface area contributed by atoms with E-state index in [4.69, 9.17) is 34.2 Å². The van der Waals surface area contributed by atoms with Gasteiger partial charge in [0.25, 0.3) is 0 Å². The third-order valence-electron chi connectivity index (χ3n) is 9.17. The standard InChI is InChI=1S/C31H59N3O16/c1-15(7-5-3-4-6-8-19(37)34-10-9-32)33-11-12-45-31-28(50-29-25(43)23(41)20(38)16(2)46-29)27(22(40)18(14-36)48-31)49-30-26(44)24(42)21(39)17(13-35)47-30/h15-18,20-31,33,35-36,38-44H,3-14,32H2,1-2H3,(H,34,37)/t15?,16-,17-,18-,20+,21+,22+,23+,24+,25-,26-,27+,28-,29-,30-,31-/m1/s1. The van der Waals surface area contributed by atoms with Crippen LogP contribution in [-0.2, 0) is 33.2 Å². The van der Waals surface area contributed by atoms with Crippen LogP contribution in [0.5, 0.6) is 0 Å². The SMILES string of the molecule is CC(CCCCCCC(=O)NCCN)NCCO[C@@H]1O[C@H](CO)[C@H](O)[C@H](O[C@H]2O[C@H](CO)[C@H](O)[C@H](O)[C@H]2O)[C@H]1O[C@H]1O[C@H](C)[C@H](O)[C@H](O)[C@H]1O. The van der Waals surface area contributed by atoms with E-state index in [1.54, 1.807) is 0 Å². The lowest BCUT2D eigenvalue weighted by Crippen LogP contribution is -2.67. The van der Waals surface area contributed by atoms with Crippen LogP contribution in [0.3, 0.4) is 0 Å². The van der Waals surface area contributed by atoms with Gasteiger partial charge >= 0.3 is 0 Å². The molecule has 1 unspecified atom stereocenters. The molecule has 0 aliphatic carbocycles. The Bertz CT molecular complexity index is 973. The first-order valence-electron chi connectivity index (χ1n) is 17.4. The number of nitrogens with two attached hydrogens (primary N) is 1. The number of aliphatic hydroxyl groups excluding tert-OH is 9. The van der Waals surface area contributed by atoms with Crippen molar-refractivity contribution in [2.24, 2.45) is 5.73 Å². The number of aliphatic hydroxyl groups is 9. The third kappa shape index (κ3) is 11.9. The van der Waals surface area contributed by atoms with Crippen molar-refractivity contribution >= 4 is 5.91 Å². The zero-order valence-electron chi connectivity index (χ0n) is 28.7. The summed E-state index contributed by atoms with van der Waals surface area (Å²) in [6, 6.07) is 0.111. The molecule has 13 N–H and O–H groups in total. The summed E-state index contributed by atoms with van der Waals surface area (Å²) in [5.41, 5.74) is 5.39. The summed E-state index contributed by atoms with van der Waals surface area (Å²) >= 11 is 0.